The highest BCUT2D eigenvalue weighted by molar-refractivity contribution is 5.84. The second-order valence-electron chi connectivity index (χ2n) is 6.83. The first-order valence-electron chi connectivity index (χ1n) is 9.00. The van der Waals surface area contributed by atoms with Crippen LogP contribution >= 0.6 is 0 Å². The van der Waals surface area contributed by atoms with Gasteiger partial charge in [-0.25, -0.2) is 9.97 Å². The minimum absolute atomic E-state index is 0.110. The van der Waals surface area contributed by atoms with Gasteiger partial charge in [0.05, 0.1) is 36.5 Å². The lowest BCUT2D eigenvalue weighted by Gasteiger charge is -2.33. The highest BCUT2D eigenvalue weighted by atomic mass is 16.5. The molecular weight excluding hydrogens is 352 g/mol. The molecular formula is C17H26N6O4. The van der Waals surface area contributed by atoms with Crippen molar-refractivity contribution >= 4 is 22.8 Å². The molecule has 0 aromatic carbocycles. The number of H-pyrrole nitrogens is 1. The lowest BCUT2D eigenvalue weighted by molar-refractivity contribution is -0.129. The molecule has 10 nitrogen and oxygen atoms in total. The summed E-state index contributed by atoms with van der Waals surface area (Å²) in [5.41, 5.74) is 7.18. The molecule has 0 spiro atoms. The fraction of sp³-hybridized carbons (Fsp3) is 0.588. The van der Waals surface area contributed by atoms with E-state index in [0.29, 0.717) is 31.8 Å². The average molecular weight is 378 g/mol. The van der Waals surface area contributed by atoms with Crippen LogP contribution in [0.15, 0.2) is 18.6 Å². The third-order valence-electron chi connectivity index (χ3n) is 4.82. The van der Waals surface area contributed by atoms with Crippen LogP contribution in [0.5, 0.6) is 0 Å². The fourth-order valence-corrected chi connectivity index (χ4v) is 3.23. The first-order valence-corrected chi connectivity index (χ1v) is 9.00. The Morgan fingerprint density at radius 1 is 1.41 bits per heavy atom. The molecule has 2 aromatic rings. The van der Waals surface area contributed by atoms with Gasteiger partial charge in [-0.3, -0.25) is 4.79 Å². The van der Waals surface area contributed by atoms with Gasteiger partial charge in [-0.1, -0.05) is 0 Å². The molecule has 4 heterocycles. The zero-order valence-corrected chi connectivity index (χ0v) is 15.1. The highest BCUT2D eigenvalue weighted by Crippen LogP contribution is 2.15. The quantitative estimate of drug-likeness (QED) is 0.384. The monoisotopic (exact) mass is 378 g/mol. The van der Waals surface area contributed by atoms with Crippen LogP contribution in [0.1, 0.15) is 19.8 Å². The maximum Gasteiger partial charge on any atom is 0.240 e. The summed E-state index contributed by atoms with van der Waals surface area (Å²) in [4.78, 5) is 22.6. The molecule has 27 heavy (non-hydrogen) atoms. The molecule has 2 saturated heterocycles. The number of ether oxygens (including phenoxy) is 1. The summed E-state index contributed by atoms with van der Waals surface area (Å²) in [7, 11) is 0. The van der Waals surface area contributed by atoms with Gasteiger partial charge in [-0.2, -0.15) is 0 Å². The van der Waals surface area contributed by atoms with Crippen molar-refractivity contribution in [1.29, 1.82) is 0 Å². The van der Waals surface area contributed by atoms with Gasteiger partial charge in [0.2, 0.25) is 5.91 Å². The molecule has 0 saturated carbocycles. The number of nitrogens with zero attached hydrogens (tertiary/aromatic N) is 2. The molecule has 0 bridgehead atoms. The zero-order chi connectivity index (χ0) is 19.4. The average Bonchev–Trinajstić information content (AvgIpc) is 3.28. The van der Waals surface area contributed by atoms with Crippen molar-refractivity contribution < 1.29 is 19.7 Å². The molecule has 0 radical (unpaired) electrons. The van der Waals surface area contributed by atoms with Crippen molar-refractivity contribution in [2.45, 2.75) is 50.2 Å². The highest BCUT2D eigenvalue weighted by Gasteiger charge is 2.35. The smallest absolute Gasteiger partial charge is 0.240 e. The molecule has 10 heteroatoms. The summed E-state index contributed by atoms with van der Waals surface area (Å²) < 4.78 is 5.35. The number of nitrogen functional groups attached to an aromatic ring is 1. The predicted octanol–water partition coefficient (Wildman–Crippen LogP) is -1.10. The fourth-order valence-electron chi connectivity index (χ4n) is 3.23. The normalized spacial score (nSPS) is 30.6. The lowest BCUT2D eigenvalue weighted by atomic mass is 10.0. The van der Waals surface area contributed by atoms with Crippen molar-refractivity contribution in [2.24, 2.45) is 0 Å². The lowest BCUT2D eigenvalue weighted by Crippen LogP contribution is -2.55. The zero-order valence-electron chi connectivity index (χ0n) is 15.1. The molecule has 2 fully saturated rings. The maximum atomic E-state index is 11.9. The number of aliphatic hydroxyl groups excluding tert-OH is 2. The van der Waals surface area contributed by atoms with Crippen LogP contribution in [0.4, 0.5) is 5.82 Å². The molecule has 7 N–H and O–H groups in total. The Balaban J connectivity index is 0.000000177. The number of carbonyl (C=O) groups excluding carboxylic acids is 1. The van der Waals surface area contributed by atoms with Gasteiger partial charge >= 0.3 is 0 Å². The van der Waals surface area contributed by atoms with Crippen molar-refractivity contribution in [3.05, 3.63) is 18.6 Å². The van der Waals surface area contributed by atoms with Crippen molar-refractivity contribution in [1.82, 2.24) is 25.6 Å². The number of carbonyl (C=O) groups is 1. The Hall–Kier alpha value is -2.27. The van der Waals surface area contributed by atoms with Gasteiger partial charge in [0.25, 0.3) is 0 Å². The van der Waals surface area contributed by atoms with Crippen molar-refractivity contribution in [3.8, 4) is 0 Å². The van der Waals surface area contributed by atoms with Gasteiger partial charge in [0, 0.05) is 6.20 Å². The van der Waals surface area contributed by atoms with Gasteiger partial charge in [-0.05, 0) is 32.4 Å². The molecule has 4 rings (SSSR count). The maximum absolute atomic E-state index is 11.9. The number of amides is 1. The van der Waals surface area contributed by atoms with E-state index in [2.05, 4.69) is 25.6 Å². The van der Waals surface area contributed by atoms with Crippen molar-refractivity contribution in [3.63, 3.8) is 0 Å². The van der Waals surface area contributed by atoms with Crippen LogP contribution in [-0.4, -0.2) is 74.6 Å². The number of fused-ring (bicyclic) bond motifs is 1. The molecule has 148 valence electrons. The van der Waals surface area contributed by atoms with Crippen LogP contribution in [-0.2, 0) is 9.53 Å². The Kier molecular flexibility index (Phi) is 6.22. The molecule has 5 atom stereocenters. The minimum Gasteiger partial charge on any atom is -0.391 e. The van der Waals surface area contributed by atoms with Gasteiger partial charge in [0.1, 0.15) is 17.9 Å². The molecule has 2 aromatic heterocycles. The van der Waals surface area contributed by atoms with Crippen LogP contribution < -0.4 is 16.4 Å². The van der Waals surface area contributed by atoms with E-state index in [0.717, 1.165) is 11.0 Å². The number of nitrogens with one attached hydrogen (secondary N) is 3. The standard InChI is InChI=1S/C11H20N2O4.C6H6N4/c1-6-8(4-7(14)5-17-6)13-11(16)10-9(15)2-3-12-10;7-6-5-4(1-2-8-5)9-3-10-6/h6-10,12,14-15H,2-5H2,1H3,(H,13,16);1-3,8H,(H2,7,9,10)/t6-,7+,8?,9?,10?;/m0./s1. The van der Waals surface area contributed by atoms with E-state index >= 15 is 0 Å². The Labute approximate surface area is 156 Å². The number of aromatic nitrogens is 3. The Morgan fingerprint density at radius 3 is 2.93 bits per heavy atom. The summed E-state index contributed by atoms with van der Waals surface area (Å²) in [6, 6.07) is 1.12. The molecule has 2 aliphatic heterocycles. The van der Waals surface area contributed by atoms with E-state index in [-0.39, 0.29) is 18.1 Å². The summed E-state index contributed by atoms with van der Waals surface area (Å²) in [5.74, 6) is 0.277. The van der Waals surface area contributed by atoms with E-state index < -0.39 is 18.2 Å². The van der Waals surface area contributed by atoms with Crippen LogP contribution in [0.2, 0.25) is 0 Å². The molecule has 0 aliphatic carbocycles. The number of anilines is 1. The number of aromatic amines is 1. The van der Waals surface area contributed by atoms with E-state index in [9.17, 15) is 15.0 Å². The number of nitrogens with two attached hydrogens (primary N) is 1. The van der Waals surface area contributed by atoms with Crippen molar-refractivity contribution in [2.75, 3.05) is 18.9 Å². The summed E-state index contributed by atoms with van der Waals surface area (Å²) >= 11 is 0. The second-order valence-corrected chi connectivity index (χ2v) is 6.83. The summed E-state index contributed by atoms with van der Waals surface area (Å²) in [6.07, 6.45) is 3.06. The van der Waals surface area contributed by atoms with Gasteiger partial charge < -0.3 is 36.3 Å². The van der Waals surface area contributed by atoms with Gasteiger partial charge in [0.15, 0.2) is 5.82 Å². The number of hydrogen-bond acceptors (Lipinski definition) is 8. The van der Waals surface area contributed by atoms with Gasteiger partial charge in [-0.15, -0.1) is 0 Å². The molecule has 1 amide bonds. The minimum atomic E-state index is -0.625. The first-order chi connectivity index (χ1) is 13.0. The SMILES string of the molecule is C[C@@H]1OC[C@H](O)CC1NC(=O)C1NCCC1O.Nc1ncnc2cc[nH]c12. The van der Waals surface area contributed by atoms with E-state index in [1.54, 1.807) is 6.20 Å². The topological polar surface area (TPSA) is 158 Å². The number of hydrogen-bond donors (Lipinski definition) is 6. The third-order valence-corrected chi connectivity index (χ3v) is 4.82. The van der Waals surface area contributed by atoms with Crippen LogP contribution in [0, 0.1) is 0 Å². The van der Waals surface area contributed by atoms with E-state index in [1.807, 2.05) is 13.0 Å². The summed E-state index contributed by atoms with van der Waals surface area (Å²) in [5, 5.41) is 24.9. The van der Waals surface area contributed by atoms with E-state index in [1.165, 1.54) is 6.33 Å². The van der Waals surface area contributed by atoms with Crippen LogP contribution in [0.3, 0.4) is 0 Å². The number of aliphatic hydroxyl groups is 2. The van der Waals surface area contributed by atoms with Crippen LogP contribution in [0.25, 0.3) is 11.0 Å². The predicted molar refractivity (Wildman–Crippen MR) is 98.7 cm³/mol. The summed E-state index contributed by atoms with van der Waals surface area (Å²) in [6.45, 7) is 2.84. The molecule has 3 unspecified atom stereocenters. The Bertz CT molecular complexity index is 769. The second kappa shape index (κ2) is 8.61. The third kappa shape index (κ3) is 4.72. The number of rotatable bonds is 2. The van der Waals surface area contributed by atoms with E-state index in [4.69, 9.17) is 10.5 Å². The first kappa shape index (κ1) is 19.5. The Morgan fingerprint density at radius 2 is 2.22 bits per heavy atom. The molecule has 2 aliphatic rings. The largest absolute Gasteiger partial charge is 0.391 e.